The molecule has 0 aliphatic rings. The predicted molar refractivity (Wildman–Crippen MR) is 62.2 cm³/mol. The lowest BCUT2D eigenvalue weighted by atomic mass is 10.1. The summed E-state index contributed by atoms with van der Waals surface area (Å²) in [6.45, 7) is -0.562. The standard InChI is InChI=1S/C10H13F3N4O2/c1-19-8-3-2-6(4-16-8)15-5-7(9(14)17-18)10(11,12)13/h2-4,7,15,18H,5H2,1H3,(H2,14,17). The lowest BCUT2D eigenvalue weighted by molar-refractivity contribution is -0.152. The first-order valence-electron chi connectivity index (χ1n) is 5.16. The van der Waals surface area contributed by atoms with Crippen LogP contribution < -0.4 is 15.8 Å². The van der Waals surface area contributed by atoms with Crippen LogP contribution in [0.5, 0.6) is 5.88 Å². The highest BCUT2D eigenvalue weighted by atomic mass is 19.4. The lowest BCUT2D eigenvalue weighted by Crippen LogP contribution is -2.40. The largest absolute Gasteiger partial charge is 0.481 e. The second-order valence-electron chi connectivity index (χ2n) is 3.59. The van der Waals surface area contributed by atoms with Crippen LogP contribution in [-0.4, -0.2) is 35.9 Å². The summed E-state index contributed by atoms with van der Waals surface area (Å²) in [7, 11) is 1.42. The first-order chi connectivity index (χ1) is 8.88. The number of halogens is 3. The minimum atomic E-state index is -4.61. The van der Waals surface area contributed by atoms with Gasteiger partial charge in [-0.1, -0.05) is 5.16 Å². The van der Waals surface area contributed by atoms with Crippen LogP contribution in [0.4, 0.5) is 18.9 Å². The summed E-state index contributed by atoms with van der Waals surface area (Å²) in [6.07, 6.45) is -3.29. The minimum Gasteiger partial charge on any atom is -0.481 e. The van der Waals surface area contributed by atoms with Crippen LogP contribution in [0.15, 0.2) is 23.5 Å². The molecule has 0 saturated carbocycles. The number of nitrogens with two attached hydrogens (primary N) is 1. The number of methoxy groups -OCH3 is 1. The molecule has 1 heterocycles. The second-order valence-corrected chi connectivity index (χ2v) is 3.59. The molecule has 1 aromatic rings. The molecule has 0 aliphatic heterocycles. The molecule has 19 heavy (non-hydrogen) atoms. The topological polar surface area (TPSA) is 92.8 Å². The third-order valence-electron chi connectivity index (χ3n) is 2.32. The van der Waals surface area contributed by atoms with E-state index >= 15 is 0 Å². The number of aromatic nitrogens is 1. The minimum absolute atomic E-state index is 0.342. The quantitative estimate of drug-likeness (QED) is 0.328. The molecule has 0 bridgehead atoms. The van der Waals surface area contributed by atoms with E-state index in [-0.39, 0.29) is 0 Å². The number of rotatable bonds is 5. The van der Waals surface area contributed by atoms with E-state index in [9.17, 15) is 13.2 Å². The van der Waals surface area contributed by atoms with Crippen molar-refractivity contribution >= 4 is 11.5 Å². The van der Waals surface area contributed by atoms with E-state index in [4.69, 9.17) is 15.7 Å². The van der Waals surface area contributed by atoms with Gasteiger partial charge in [0.1, 0.15) is 5.92 Å². The molecule has 1 aromatic heterocycles. The Kier molecular flexibility index (Phi) is 4.79. The number of hydrogen-bond donors (Lipinski definition) is 3. The van der Waals surface area contributed by atoms with Crippen molar-refractivity contribution in [2.45, 2.75) is 6.18 Å². The number of oxime groups is 1. The summed E-state index contributed by atoms with van der Waals surface area (Å²) in [4.78, 5) is 3.83. The molecule has 0 radical (unpaired) electrons. The molecule has 0 aliphatic carbocycles. The summed E-state index contributed by atoms with van der Waals surface area (Å²) >= 11 is 0. The lowest BCUT2D eigenvalue weighted by Gasteiger charge is -2.19. The average molecular weight is 278 g/mol. The number of nitrogens with zero attached hydrogens (tertiary/aromatic N) is 2. The molecule has 1 atom stereocenters. The zero-order chi connectivity index (χ0) is 14.5. The van der Waals surface area contributed by atoms with Crippen LogP contribution in [0.1, 0.15) is 0 Å². The predicted octanol–water partition coefficient (Wildman–Crippen LogP) is 1.43. The maximum atomic E-state index is 12.6. The van der Waals surface area contributed by atoms with E-state index in [1.807, 2.05) is 0 Å². The zero-order valence-electron chi connectivity index (χ0n) is 9.98. The second kappa shape index (κ2) is 6.12. The van der Waals surface area contributed by atoms with Gasteiger partial charge in [-0.15, -0.1) is 0 Å². The molecule has 6 nitrogen and oxygen atoms in total. The Morgan fingerprint density at radius 3 is 2.68 bits per heavy atom. The summed E-state index contributed by atoms with van der Waals surface area (Å²) in [6, 6.07) is 3.00. The molecular formula is C10H13F3N4O2. The number of ether oxygens (including phenoxy) is 1. The Hall–Kier alpha value is -2.19. The summed E-state index contributed by atoms with van der Waals surface area (Å²) in [5, 5.41) is 13.2. The van der Waals surface area contributed by atoms with Crippen molar-refractivity contribution in [3.63, 3.8) is 0 Å². The molecule has 106 valence electrons. The van der Waals surface area contributed by atoms with Gasteiger partial charge in [0.05, 0.1) is 19.0 Å². The van der Waals surface area contributed by atoms with Crippen LogP contribution in [0, 0.1) is 5.92 Å². The molecular weight excluding hydrogens is 265 g/mol. The van der Waals surface area contributed by atoms with Gasteiger partial charge in [-0.25, -0.2) is 4.98 Å². The first kappa shape index (κ1) is 14.9. The highest BCUT2D eigenvalue weighted by molar-refractivity contribution is 5.83. The van der Waals surface area contributed by atoms with Crippen molar-refractivity contribution in [2.24, 2.45) is 16.8 Å². The van der Waals surface area contributed by atoms with Crippen LogP contribution >= 0.6 is 0 Å². The van der Waals surface area contributed by atoms with Crippen LogP contribution in [0.25, 0.3) is 0 Å². The maximum absolute atomic E-state index is 12.6. The van der Waals surface area contributed by atoms with Gasteiger partial charge < -0.3 is 21.0 Å². The molecule has 0 saturated heterocycles. The smallest absolute Gasteiger partial charge is 0.400 e. The third-order valence-corrected chi connectivity index (χ3v) is 2.32. The van der Waals surface area contributed by atoms with Crippen LogP contribution in [0.3, 0.4) is 0 Å². The number of hydrogen-bond acceptors (Lipinski definition) is 5. The van der Waals surface area contributed by atoms with E-state index < -0.39 is 24.5 Å². The number of alkyl halides is 3. The van der Waals surface area contributed by atoms with Crippen molar-refractivity contribution < 1.29 is 23.1 Å². The Labute approximate surface area is 107 Å². The van der Waals surface area contributed by atoms with Gasteiger partial charge >= 0.3 is 6.18 Å². The molecule has 4 N–H and O–H groups in total. The number of pyridine rings is 1. The fourth-order valence-electron chi connectivity index (χ4n) is 1.28. The molecule has 1 unspecified atom stereocenters. The van der Waals surface area contributed by atoms with Crippen molar-refractivity contribution in [1.82, 2.24) is 4.98 Å². The number of anilines is 1. The fraction of sp³-hybridized carbons (Fsp3) is 0.400. The number of amidine groups is 1. The first-order valence-corrected chi connectivity index (χ1v) is 5.16. The van der Waals surface area contributed by atoms with Gasteiger partial charge in [-0.2, -0.15) is 13.2 Å². The van der Waals surface area contributed by atoms with Gasteiger partial charge in [0, 0.05) is 12.6 Å². The molecule has 0 aromatic carbocycles. The van der Waals surface area contributed by atoms with Gasteiger partial charge in [0.15, 0.2) is 5.84 Å². The Morgan fingerprint density at radius 1 is 1.58 bits per heavy atom. The Morgan fingerprint density at radius 2 is 2.26 bits per heavy atom. The summed E-state index contributed by atoms with van der Waals surface area (Å²) in [5.74, 6) is -2.64. The van der Waals surface area contributed by atoms with Crippen molar-refractivity contribution in [2.75, 3.05) is 19.0 Å². The van der Waals surface area contributed by atoms with Crippen molar-refractivity contribution in [1.29, 1.82) is 0 Å². The van der Waals surface area contributed by atoms with Gasteiger partial charge in [-0.05, 0) is 6.07 Å². The maximum Gasteiger partial charge on any atom is 0.400 e. The Balaban J connectivity index is 2.71. The molecule has 0 amide bonds. The molecule has 0 spiro atoms. The average Bonchev–Trinajstić information content (AvgIpc) is 2.37. The van der Waals surface area contributed by atoms with Crippen LogP contribution in [0.2, 0.25) is 0 Å². The van der Waals surface area contributed by atoms with Crippen LogP contribution in [-0.2, 0) is 0 Å². The van der Waals surface area contributed by atoms with Gasteiger partial charge in [-0.3, -0.25) is 0 Å². The highest BCUT2D eigenvalue weighted by Gasteiger charge is 2.42. The molecule has 0 fully saturated rings. The van der Waals surface area contributed by atoms with E-state index in [2.05, 4.69) is 15.5 Å². The van der Waals surface area contributed by atoms with E-state index in [0.717, 1.165) is 0 Å². The SMILES string of the molecule is COc1ccc(NCC(/C(N)=N/O)C(F)(F)F)cn1. The van der Waals surface area contributed by atoms with Gasteiger partial charge in [0.2, 0.25) is 5.88 Å². The third kappa shape index (κ3) is 4.19. The zero-order valence-corrected chi connectivity index (χ0v) is 9.98. The van der Waals surface area contributed by atoms with Crippen molar-refractivity contribution in [3.05, 3.63) is 18.3 Å². The summed E-state index contributed by atoms with van der Waals surface area (Å²) in [5.41, 5.74) is 5.38. The monoisotopic (exact) mass is 278 g/mol. The molecule has 9 heteroatoms. The van der Waals surface area contributed by atoms with E-state index in [0.29, 0.717) is 11.6 Å². The fourth-order valence-corrected chi connectivity index (χ4v) is 1.28. The van der Waals surface area contributed by atoms with Gasteiger partial charge in [0.25, 0.3) is 0 Å². The normalized spacial score (nSPS) is 14.0. The summed E-state index contributed by atoms with van der Waals surface area (Å²) < 4.78 is 42.7. The van der Waals surface area contributed by atoms with Crippen molar-refractivity contribution in [3.8, 4) is 5.88 Å². The van der Waals surface area contributed by atoms with E-state index in [1.54, 1.807) is 0 Å². The van der Waals surface area contributed by atoms with E-state index in [1.165, 1.54) is 25.4 Å². The number of nitrogens with one attached hydrogen (secondary N) is 1. The molecule has 1 rings (SSSR count). The Bertz CT molecular complexity index is 433. The highest BCUT2D eigenvalue weighted by Crippen LogP contribution is 2.26.